The van der Waals surface area contributed by atoms with Gasteiger partial charge in [0.2, 0.25) is 0 Å². The molecule has 1 unspecified atom stereocenters. The molecule has 0 aliphatic carbocycles. The maximum Gasteiger partial charge on any atom is 0.0314 e. The van der Waals surface area contributed by atoms with E-state index < -0.39 is 0 Å². The SMILES string of the molecule is CCCNC(Cc1ccncc1)Cc1sccc1Br. The largest absolute Gasteiger partial charge is 0.313 e. The Hall–Kier alpha value is -0.710. The highest BCUT2D eigenvalue weighted by molar-refractivity contribution is 9.10. The van der Waals surface area contributed by atoms with E-state index in [0.29, 0.717) is 6.04 Å². The first-order valence-corrected chi connectivity index (χ1v) is 8.31. The second kappa shape index (κ2) is 7.78. The van der Waals surface area contributed by atoms with E-state index in [2.05, 4.69) is 56.7 Å². The van der Waals surface area contributed by atoms with Crippen LogP contribution in [0.25, 0.3) is 0 Å². The van der Waals surface area contributed by atoms with Crippen LogP contribution in [-0.4, -0.2) is 17.6 Å². The Morgan fingerprint density at radius 3 is 2.68 bits per heavy atom. The van der Waals surface area contributed by atoms with Gasteiger partial charge in [-0.25, -0.2) is 0 Å². The number of pyridine rings is 1. The van der Waals surface area contributed by atoms with Gasteiger partial charge in [-0.15, -0.1) is 11.3 Å². The Morgan fingerprint density at radius 1 is 1.26 bits per heavy atom. The van der Waals surface area contributed by atoms with Crippen molar-refractivity contribution in [2.45, 2.75) is 32.2 Å². The quantitative estimate of drug-likeness (QED) is 0.823. The van der Waals surface area contributed by atoms with Gasteiger partial charge in [0.25, 0.3) is 0 Å². The van der Waals surface area contributed by atoms with E-state index >= 15 is 0 Å². The van der Waals surface area contributed by atoms with E-state index in [1.54, 1.807) is 0 Å². The van der Waals surface area contributed by atoms with Crippen LogP contribution in [0.5, 0.6) is 0 Å². The molecular formula is C15H19BrN2S. The third-order valence-electron chi connectivity index (χ3n) is 3.04. The normalized spacial score (nSPS) is 12.5. The molecule has 19 heavy (non-hydrogen) atoms. The van der Waals surface area contributed by atoms with Gasteiger partial charge < -0.3 is 5.32 Å². The van der Waals surface area contributed by atoms with Crippen molar-refractivity contribution in [3.8, 4) is 0 Å². The number of hydrogen-bond acceptors (Lipinski definition) is 3. The summed E-state index contributed by atoms with van der Waals surface area (Å²) in [5, 5.41) is 5.79. The van der Waals surface area contributed by atoms with Crippen LogP contribution in [0.2, 0.25) is 0 Å². The molecule has 2 rings (SSSR count). The number of nitrogens with zero attached hydrogens (tertiary/aromatic N) is 1. The molecule has 102 valence electrons. The number of rotatable bonds is 7. The first kappa shape index (κ1) is 14.7. The number of thiophene rings is 1. The maximum atomic E-state index is 4.08. The van der Waals surface area contributed by atoms with Crippen molar-refractivity contribution in [3.05, 3.63) is 50.9 Å². The Bertz CT molecular complexity index is 484. The fourth-order valence-corrected chi connectivity index (χ4v) is 3.66. The van der Waals surface area contributed by atoms with Crippen molar-refractivity contribution in [3.63, 3.8) is 0 Å². The summed E-state index contributed by atoms with van der Waals surface area (Å²) in [4.78, 5) is 5.50. The molecule has 0 aromatic carbocycles. The van der Waals surface area contributed by atoms with E-state index in [1.165, 1.54) is 21.3 Å². The Morgan fingerprint density at radius 2 is 2.05 bits per heavy atom. The molecule has 0 bridgehead atoms. The van der Waals surface area contributed by atoms with Crippen molar-refractivity contribution in [2.24, 2.45) is 0 Å². The summed E-state index contributed by atoms with van der Waals surface area (Å²) in [6.07, 6.45) is 7.02. The van der Waals surface area contributed by atoms with Crippen LogP contribution in [0.15, 0.2) is 40.4 Å². The maximum absolute atomic E-state index is 4.08. The minimum absolute atomic E-state index is 0.484. The van der Waals surface area contributed by atoms with E-state index in [1.807, 2.05) is 23.7 Å². The predicted octanol–water partition coefficient (Wildman–Crippen LogP) is 4.06. The highest BCUT2D eigenvalue weighted by Crippen LogP contribution is 2.24. The van der Waals surface area contributed by atoms with Gasteiger partial charge in [-0.3, -0.25) is 4.98 Å². The zero-order chi connectivity index (χ0) is 13.5. The molecule has 1 N–H and O–H groups in total. The molecule has 4 heteroatoms. The zero-order valence-corrected chi connectivity index (χ0v) is 13.5. The van der Waals surface area contributed by atoms with Gasteiger partial charge in [0.1, 0.15) is 0 Å². The topological polar surface area (TPSA) is 24.9 Å². The molecule has 0 aliphatic heterocycles. The van der Waals surface area contributed by atoms with Gasteiger partial charge in [0.05, 0.1) is 0 Å². The first-order valence-electron chi connectivity index (χ1n) is 6.63. The van der Waals surface area contributed by atoms with Crippen LogP contribution < -0.4 is 5.32 Å². The smallest absolute Gasteiger partial charge is 0.0314 e. The van der Waals surface area contributed by atoms with E-state index in [4.69, 9.17) is 0 Å². The number of nitrogens with one attached hydrogen (secondary N) is 1. The molecule has 2 heterocycles. The molecule has 2 aromatic heterocycles. The van der Waals surface area contributed by atoms with Crippen molar-refractivity contribution >= 4 is 27.3 Å². The van der Waals surface area contributed by atoms with Crippen molar-refractivity contribution in [1.29, 1.82) is 0 Å². The minimum Gasteiger partial charge on any atom is -0.313 e. The van der Waals surface area contributed by atoms with Crippen LogP contribution in [0.1, 0.15) is 23.8 Å². The zero-order valence-electron chi connectivity index (χ0n) is 11.1. The van der Waals surface area contributed by atoms with Crippen LogP contribution >= 0.6 is 27.3 Å². The average Bonchev–Trinajstić information content (AvgIpc) is 2.83. The van der Waals surface area contributed by atoms with E-state index in [-0.39, 0.29) is 0 Å². The Balaban J connectivity index is 2.01. The van der Waals surface area contributed by atoms with E-state index in [0.717, 1.165) is 19.4 Å². The summed E-state index contributed by atoms with van der Waals surface area (Å²) in [7, 11) is 0. The molecule has 2 nitrogen and oxygen atoms in total. The number of aromatic nitrogens is 1. The van der Waals surface area contributed by atoms with Gasteiger partial charge in [-0.05, 0) is 70.9 Å². The summed E-state index contributed by atoms with van der Waals surface area (Å²) >= 11 is 5.44. The van der Waals surface area contributed by atoms with Gasteiger partial charge in [0.15, 0.2) is 0 Å². The summed E-state index contributed by atoms with van der Waals surface area (Å²) in [6.45, 7) is 3.27. The van der Waals surface area contributed by atoms with Gasteiger partial charge in [-0.1, -0.05) is 6.92 Å². The third-order valence-corrected chi connectivity index (χ3v) is 4.99. The first-order chi connectivity index (χ1) is 9.29. The van der Waals surface area contributed by atoms with Gasteiger partial charge >= 0.3 is 0 Å². The molecule has 2 aromatic rings. The van der Waals surface area contributed by atoms with Crippen LogP contribution in [0.3, 0.4) is 0 Å². The molecule has 0 amide bonds. The molecule has 1 atom stereocenters. The van der Waals surface area contributed by atoms with Crippen LogP contribution in [-0.2, 0) is 12.8 Å². The lowest BCUT2D eigenvalue weighted by Gasteiger charge is -2.18. The summed E-state index contributed by atoms with van der Waals surface area (Å²) in [5.41, 5.74) is 1.34. The molecule has 0 fully saturated rings. The standard InChI is InChI=1S/C15H19BrN2S/c1-2-6-18-13(10-12-3-7-17-8-4-12)11-15-14(16)5-9-19-15/h3-5,7-9,13,18H,2,6,10-11H2,1H3. The molecule has 0 saturated heterocycles. The van der Waals surface area contributed by atoms with Crippen LogP contribution in [0.4, 0.5) is 0 Å². The Kier molecular flexibility index (Phi) is 6.01. The molecule has 0 radical (unpaired) electrons. The third kappa shape index (κ3) is 4.71. The summed E-state index contributed by atoms with van der Waals surface area (Å²) in [5.74, 6) is 0. The Labute approximate surface area is 127 Å². The van der Waals surface area contributed by atoms with Gasteiger partial charge in [-0.2, -0.15) is 0 Å². The summed E-state index contributed by atoms with van der Waals surface area (Å²) in [6, 6.07) is 6.81. The highest BCUT2D eigenvalue weighted by atomic mass is 79.9. The average molecular weight is 339 g/mol. The van der Waals surface area contributed by atoms with Crippen molar-refractivity contribution in [1.82, 2.24) is 10.3 Å². The fraction of sp³-hybridized carbons (Fsp3) is 0.400. The second-order valence-corrected chi connectivity index (χ2v) is 6.46. The lowest BCUT2D eigenvalue weighted by molar-refractivity contribution is 0.507. The van der Waals surface area contributed by atoms with Crippen LogP contribution in [0, 0.1) is 0 Å². The molecular weight excluding hydrogens is 320 g/mol. The summed E-state index contributed by atoms with van der Waals surface area (Å²) < 4.78 is 1.23. The lowest BCUT2D eigenvalue weighted by atomic mass is 10.0. The predicted molar refractivity (Wildman–Crippen MR) is 85.7 cm³/mol. The second-order valence-electron chi connectivity index (χ2n) is 4.61. The van der Waals surface area contributed by atoms with Gasteiger partial charge in [0, 0.05) is 27.8 Å². The monoisotopic (exact) mass is 338 g/mol. The fourth-order valence-electron chi connectivity index (χ4n) is 2.06. The molecule has 0 aliphatic rings. The lowest BCUT2D eigenvalue weighted by Crippen LogP contribution is -2.33. The van der Waals surface area contributed by atoms with Crippen molar-refractivity contribution < 1.29 is 0 Å². The number of hydrogen-bond donors (Lipinski definition) is 1. The minimum atomic E-state index is 0.484. The van der Waals surface area contributed by atoms with Crippen molar-refractivity contribution in [2.75, 3.05) is 6.54 Å². The van der Waals surface area contributed by atoms with E-state index in [9.17, 15) is 0 Å². The molecule has 0 saturated carbocycles. The highest BCUT2D eigenvalue weighted by Gasteiger charge is 2.12. The molecule has 0 spiro atoms. The number of halogens is 1.